The van der Waals surface area contributed by atoms with Crippen molar-refractivity contribution in [1.82, 2.24) is 0 Å². The summed E-state index contributed by atoms with van der Waals surface area (Å²) in [4.78, 5) is 0. The summed E-state index contributed by atoms with van der Waals surface area (Å²) in [7, 11) is 0. The van der Waals surface area contributed by atoms with Crippen LogP contribution in [0.1, 0.15) is 107 Å². The average molecular weight is 351 g/mol. The molecule has 0 amide bonds. The Morgan fingerprint density at radius 3 is 1.08 bits per heavy atom. The van der Waals surface area contributed by atoms with Gasteiger partial charge in [0, 0.05) is 0 Å². The molecule has 0 radical (unpaired) electrons. The van der Waals surface area contributed by atoms with Gasteiger partial charge in [-0.05, 0) is 76.0 Å². The summed E-state index contributed by atoms with van der Waals surface area (Å²) >= 11 is 0. The van der Waals surface area contributed by atoms with Crippen LogP contribution in [0.3, 0.4) is 0 Å². The van der Waals surface area contributed by atoms with E-state index in [-0.39, 0.29) is 10.8 Å². The van der Waals surface area contributed by atoms with Crippen LogP contribution in [-0.4, -0.2) is 12.2 Å². The van der Waals surface area contributed by atoms with E-state index in [1.807, 2.05) is 0 Å². The van der Waals surface area contributed by atoms with E-state index in [1.165, 1.54) is 38.5 Å². The first-order valence-corrected chi connectivity index (χ1v) is 10.9. The number of hydrogen-bond donors (Lipinski definition) is 0. The molecule has 0 aromatic rings. The van der Waals surface area contributed by atoms with Gasteiger partial charge in [0.25, 0.3) is 0 Å². The van der Waals surface area contributed by atoms with Gasteiger partial charge in [0.1, 0.15) is 0 Å². The average Bonchev–Trinajstić information content (AvgIpc) is 2.66. The van der Waals surface area contributed by atoms with Crippen LogP contribution >= 0.6 is 0 Å². The second kappa shape index (κ2) is 12.7. The van der Waals surface area contributed by atoms with E-state index in [4.69, 9.17) is 4.74 Å². The first-order valence-electron chi connectivity index (χ1n) is 10.9. The molecule has 1 heteroatoms. The maximum Gasteiger partial charge on any atom is 0.0669 e. The molecular formula is C24H46O. The lowest BCUT2D eigenvalue weighted by atomic mass is 9.71. The highest BCUT2D eigenvalue weighted by atomic mass is 16.5. The molecule has 25 heavy (non-hydrogen) atoms. The molecule has 0 fully saturated rings. The zero-order valence-electron chi connectivity index (χ0n) is 18.5. The van der Waals surface area contributed by atoms with Gasteiger partial charge in [-0.3, -0.25) is 0 Å². The van der Waals surface area contributed by atoms with Crippen molar-refractivity contribution in [2.24, 2.45) is 10.8 Å². The largest absolute Gasteiger partial charge is 0.373 e. The maximum absolute atomic E-state index is 7.03. The molecule has 0 heterocycles. The fraction of sp³-hybridized carbons (Fsp3) is 0.833. The summed E-state index contributed by atoms with van der Waals surface area (Å²) in [5.41, 5.74) is 0.573. The second-order valence-electron chi connectivity index (χ2n) is 7.57. The van der Waals surface area contributed by atoms with Crippen molar-refractivity contribution in [2.45, 2.75) is 119 Å². The molecule has 0 spiro atoms. The minimum Gasteiger partial charge on any atom is -0.373 e. The van der Waals surface area contributed by atoms with Gasteiger partial charge in [-0.25, -0.2) is 0 Å². The quantitative estimate of drug-likeness (QED) is 0.287. The minimum absolute atomic E-state index is 0.286. The highest BCUT2D eigenvalue weighted by Gasteiger charge is 2.40. The summed E-state index contributed by atoms with van der Waals surface area (Å²) in [5, 5.41) is 0. The Bertz CT molecular complexity index is 319. The summed E-state index contributed by atoms with van der Waals surface area (Å²) in [6, 6.07) is 0. The van der Waals surface area contributed by atoms with Gasteiger partial charge in [0.15, 0.2) is 0 Å². The van der Waals surface area contributed by atoms with Gasteiger partial charge in [-0.1, -0.05) is 65.8 Å². The van der Waals surface area contributed by atoms with E-state index in [2.05, 4.69) is 79.7 Å². The SMILES string of the molecule is CC=CCC(OC(CC=CC)C(CC)(CC)CC)C(CC)(CC)CC. The third kappa shape index (κ3) is 6.27. The van der Waals surface area contributed by atoms with Crippen LogP contribution in [-0.2, 0) is 4.74 Å². The normalized spacial score (nSPS) is 16.0. The first-order chi connectivity index (χ1) is 12.0. The lowest BCUT2D eigenvalue weighted by Gasteiger charge is -2.46. The smallest absolute Gasteiger partial charge is 0.0669 e. The third-order valence-electron chi connectivity index (χ3n) is 7.09. The highest BCUT2D eigenvalue weighted by Crippen LogP contribution is 2.44. The second-order valence-corrected chi connectivity index (χ2v) is 7.57. The number of hydrogen-bond acceptors (Lipinski definition) is 1. The highest BCUT2D eigenvalue weighted by molar-refractivity contribution is 4.96. The molecule has 0 aliphatic heterocycles. The van der Waals surface area contributed by atoms with Crippen molar-refractivity contribution >= 4 is 0 Å². The van der Waals surface area contributed by atoms with E-state index in [9.17, 15) is 0 Å². The lowest BCUT2D eigenvalue weighted by Crippen LogP contribution is -2.44. The Balaban J connectivity index is 5.79. The molecule has 148 valence electrons. The molecule has 0 aliphatic rings. The molecule has 0 saturated heterocycles. The molecule has 0 N–H and O–H groups in total. The van der Waals surface area contributed by atoms with Crippen molar-refractivity contribution in [1.29, 1.82) is 0 Å². The Labute approximate surface area is 159 Å². The van der Waals surface area contributed by atoms with Crippen molar-refractivity contribution in [3.8, 4) is 0 Å². The number of ether oxygens (including phenoxy) is 1. The zero-order chi connectivity index (χ0) is 19.3. The van der Waals surface area contributed by atoms with Crippen LogP contribution in [0.25, 0.3) is 0 Å². The molecule has 1 nitrogen and oxygen atoms in total. The van der Waals surface area contributed by atoms with Gasteiger partial charge < -0.3 is 4.74 Å². The Hall–Kier alpha value is -0.560. The summed E-state index contributed by atoms with van der Waals surface area (Å²) in [6.45, 7) is 18.3. The fourth-order valence-corrected chi connectivity index (χ4v) is 4.48. The van der Waals surface area contributed by atoms with E-state index in [0.29, 0.717) is 12.2 Å². The number of allylic oxidation sites excluding steroid dienone is 2. The summed E-state index contributed by atoms with van der Waals surface area (Å²) in [6.07, 6.45) is 18.8. The Kier molecular flexibility index (Phi) is 12.5. The van der Waals surface area contributed by atoms with Crippen LogP contribution in [0.2, 0.25) is 0 Å². The molecular weight excluding hydrogens is 304 g/mol. The summed E-state index contributed by atoms with van der Waals surface area (Å²) in [5.74, 6) is 0. The topological polar surface area (TPSA) is 9.23 Å². The van der Waals surface area contributed by atoms with E-state index >= 15 is 0 Å². The molecule has 0 saturated carbocycles. The number of rotatable bonds is 14. The van der Waals surface area contributed by atoms with Gasteiger partial charge in [0.2, 0.25) is 0 Å². The third-order valence-corrected chi connectivity index (χ3v) is 7.09. The van der Waals surface area contributed by atoms with Crippen molar-refractivity contribution in [2.75, 3.05) is 0 Å². The van der Waals surface area contributed by atoms with Crippen molar-refractivity contribution < 1.29 is 4.74 Å². The van der Waals surface area contributed by atoms with Crippen LogP contribution < -0.4 is 0 Å². The predicted octanol–water partition coefficient (Wildman–Crippen LogP) is 8.11. The van der Waals surface area contributed by atoms with Gasteiger partial charge in [0.05, 0.1) is 12.2 Å². The van der Waals surface area contributed by atoms with Crippen LogP contribution in [0.4, 0.5) is 0 Å². The minimum atomic E-state index is 0.286. The zero-order valence-corrected chi connectivity index (χ0v) is 18.5. The first kappa shape index (κ1) is 24.4. The molecule has 0 aromatic heterocycles. The standard InChI is InChI=1S/C24H46O/c1-9-17-19-21(23(11-3,12-4)13-5)25-22(20-18-10-2)24(14-6,15-7)16-8/h9-10,17-18,21-22H,11-16,19-20H2,1-8H3. The van der Waals surface area contributed by atoms with E-state index < -0.39 is 0 Å². The monoisotopic (exact) mass is 350 g/mol. The predicted molar refractivity (Wildman–Crippen MR) is 114 cm³/mol. The van der Waals surface area contributed by atoms with Gasteiger partial charge in [-0.2, -0.15) is 0 Å². The van der Waals surface area contributed by atoms with Crippen molar-refractivity contribution in [3.63, 3.8) is 0 Å². The fourth-order valence-electron chi connectivity index (χ4n) is 4.48. The van der Waals surface area contributed by atoms with Crippen LogP contribution in [0, 0.1) is 10.8 Å². The van der Waals surface area contributed by atoms with Crippen molar-refractivity contribution in [3.05, 3.63) is 24.3 Å². The molecule has 0 bridgehead atoms. The lowest BCUT2D eigenvalue weighted by molar-refractivity contribution is -0.135. The molecule has 2 atom stereocenters. The molecule has 0 aliphatic carbocycles. The maximum atomic E-state index is 7.03. The van der Waals surface area contributed by atoms with Crippen LogP contribution in [0.15, 0.2) is 24.3 Å². The molecule has 2 unspecified atom stereocenters. The van der Waals surface area contributed by atoms with E-state index in [0.717, 1.165) is 12.8 Å². The Morgan fingerprint density at radius 1 is 0.600 bits per heavy atom. The van der Waals surface area contributed by atoms with Gasteiger partial charge in [-0.15, -0.1) is 0 Å². The van der Waals surface area contributed by atoms with E-state index in [1.54, 1.807) is 0 Å². The van der Waals surface area contributed by atoms with Crippen LogP contribution in [0.5, 0.6) is 0 Å². The Morgan fingerprint density at radius 2 is 0.880 bits per heavy atom. The summed E-state index contributed by atoms with van der Waals surface area (Å²) < 4.78 is 7.03. The molecule has 0 rings (SSSR count). The molecule has 0 aromatic carbocycles. The van der Waals surface area contributed by atoms with Gasteiger partial charge >= 0.3 is 0 Å².